The van der Waals surface area contributed by atoms with E-state index in [2.05, 4.69) is 52.9 Å². The van der Waals surface area contributed by atoms with Gasteiger partial charge in [-0.2, -0.15) is 5.26 Å². The van der Waals surface area contributed by atoms with Crippen LogP contribution in [0.2, 0.25) is 0 Å². The minimum Gasteiger partial charge on any atom is -0.309 e. The third-order valence-electron chi connectivity index (χ3n) is 3.13. The minimum absolute atomic E-state index is 0.176. The van der Waals surface area contributed by atoms with E-state index < -0.39 is 0 Å². The first-order valence-electron chi connectivity index (χ1n) is 5.97. The number of hydrogen-bond donors (Lipinski definition) is 0. The molecule has 1 aromatic carbocycles. The largest absolute Gasteiger partial charge is 0.309 e. The molecule has 0 amide bonds. The van der Waals surface area contributed by atoms with Gasteiger partial charge >= 0.3 is 0 Å². The van der Waals surface area contributed by atoms with Crippen LogP contribution in [0.15, 0.2) is 12.1 Å². The van der Waals surface area contributed by atoms with E-state index in [1.54, 1.807) is 4.90 Å². The van der Waals surface area contributed by atoms with Crippen LogP contribution in [0.1, 0.15) is 43.0 Å². The molecule has 1 rings (SSSR count). The molecule has 0 bridgehead atoms. The molecule has 0 heterocycles. The molecule has 0 aromatic heterocycles. The third kappa shape index (κ3) is 3.23. The molecule has 0 aliphatic rings. The van der Waals surface area contributed by atoms with Gasteiger partial charge in [-0.25, -0.2) is 0 Å². The summed E-state index contributed by atoms with van der Waals surface area (Å²) in [5.74, 6) is 0. The second kappa shape index (κ2) is 4.79. The Bertz CT molecular complexity index is 424. The Morgan fingerprint density at radius 1 is 1.18 bits per heavy atom. The second-order valence-electron chi connectivity index (χ2n) is 5.79. The molecule has 92 valence electrons. The fourth-order valence-corrected chi connectivity index (χ4v) is 1.95. The monoisotopic (exact) mass is 230 g/mol. The molecule has 0 saturated carbocycles. The van der Waals surface area contributed by atoms with Gasteiger partial charge in [-0.05, 0) is 41.5 Å². The highest BCUT2D eigenvalue weighted by Gasteiger charge is 2.16. The highest BCUT2D eigenvalue weighted by Crippen LogP contribution is 2.27. The summed E-state index contributed by atoms with van der Waals surface area (Å²) in [6.07, 6.45) is 2.15. The first kappa shape index (κ1) is 13.6. The summed E-state index contributed by atoms with van der Waals surface area (Å²) >= 11 is 0. The van der Waals surface area contributed by atoms with E-state index in [-0.39, 0.29) is 5.41 Å². The standard InChI is InChI=1S/C15H22N2/c1-11-7-13(15(3,4)5)8-12(2)14(11)9-17(6)10-16/h7-8H,9H2,1-6H3. The number of nitriles is 1. The highest BCUT2D eigenvalue weighted by molar-refractivity contribution is 5.40. The average Bonchev–Trinajstić information content (AvgIpc) is 2.21. The first-order chi connectivity index (χ1) is 7.75. The fraction of sp³-hybridized carbons (Fsp3) is 0.533. The van der Waals surface area contributed by atoms with Crippen molar-refractivity contribution in [1.29, 1.82) is 5.26 Å². The van der Waals surface area contributed by atoms with Crippen molar-refractivity contribution in [3.63, 3.8) is 0 Å². The van der Waals surface area contributed by atoms with Crippen LogP contribution in [-0.4, -0.2) is 11.9 Å². The molecule has 0 unspecified atom stereocenters. The lowest BCUT2D eigenvalue weighted by molar-refractivity contribution is 0.466. The Morgan fingerprint density at radius 3 is 2.00 bits per heavy atom. The molecule has 0 aliphatic heterocycles. The van der Waals surface area contributed by atoms with Crippen LogP contribution in [0, 0.1) is 25.3 Å². The molecular weight excluding hydrogens is 208 g/mol. The van der Waals surface area contributed by atoms with Gasteiger partial charge in [0.05, 0.1) is 6.54 Å². The normalized spacial score (nSPS) is 11.1. The van der Waals surface area contributed by atoms with Crippen LogP contribution in [-0.2, 0) is 12.0 Å². The van der Waals surface area contributed by atoms with E-state index in [0.29, 0.717) is 6.54 Å². The summed E-state index contributed by atoms with van der Waals surface area (Å²) < 4.78 is 0. The van der Waals surface area contributed by atoms with E-state index in [1.165, 1.54) is 22.3 Å². The van der Waals surface area contributed by atoms with Gasteiger partial charge in [0.2, 0.25) is 0 Å². The van der Waals surface area contributed by atoms with E-state index in [9.17, 15) is 0 Å². The molecule has 0 fully saturated rings. The number of rotatable bonds is 2. The van der Waals surface area contributed by atoms with Crippen LogP contribution in [0.25, 0.3) is 0 Å². The van der Waals surface area contributed by atoms with Crippen molar-refractivity contribution >= 4 is 0 Å². The van der Waals surface area contributed by atoms with Gasteiger partial charge in [0.15, 0.2) is 6.19 Å². The topological polar surface area (TPSA) is 27.0 Å². The fourth-order valence-electron chi connectivity index (χ4n) is 1.95. The van der Waals surface area contributed by atoms with E-state index in [0.717, 1.165) is 0 Å². The second-order valence-corrected chi connectivity index (χ2v) is 5.79. The van der Waals surface area contributed by atoms with Gasteiger partial charge in [-0.3, -0.25) is 0 Å². The maximum absolute atomic E-state index is 8.84. The molecule has 0 spiro atoms. The predicted molar refractivity (Wildman–Crippen MR) is 71.7 cm³/mol. The van der Waals surface area contributed by atoms with Crippen LogP contribution in [0.5, 0.6) is 0 Å². The van der Waals surface area contributed by atoms with Crippen molar-refractivity contribution in [2.45, 2.75) is 46.6 Å². The minimum atomic E-state index is 0.176. The summed E-state index contributed by atoms with van der Waals surface area (Å²) in [5.41, 5.74) is 5.35. The summed E-state index contributed by atoms with van der Waals surface area (Å²) in [4.78, 5) is 1.66. The van der Waals surface area contributed by atoms with Crippen molar-refractivity contribution in [3.8, 4) is 6.19 Å². The van der Waals surface area contributed by atoms with Gasteiger partial charge in [0.25, 0.3) is 0 Å². The SMILES string of the molecule is Cc1cc(C(C)(C)C)cc(C)c1CN(C)C#N. The molecular formula is C15H22N2. The summed E-state index contributed by atoms with van der Waals surface area (Å²) in [6, 6.07) is 4.49. The average molecular weight is 230 g/mol. The summed E-state index contributed by atoms with van der Waals surface area (Å²) in [5, 5.41) is 8.84. The quantitative estimate of drug-likeness (QED) is 0.574. The predicted octanol–water partition coefficient (Wildman–Crippen LogP) is 3.51. The van der Waals surface area contributed by atoms with Crippen LogP contribution < -0.4 is 0 Å². The first-order valence-corrected chi connectivity index (χ1v) is 5.97. The molecule has 0 radical (unpaired) electrons. The molecule has 2 nitrogen and oxygen atoms in total. The maximum Gasteiger partial charge on any atom is 0.179 e. The van der Waals surface area contributed by atoms with Crippen molar-refractivity contribution in [2.75, 3.05) is 7.05 Å². The summed E-state index contributed by atoms with van der Waals surface area (Å²) in [7, 11) is 1.82. The van der Waals surface area contributed by atoms with Gasteiger partial charge in [0, 0.05) is 7.05 Å². The molecule has 0 aliphatic carbocycles. The van der Waals surface area contributed by atoms with E-state index in [4.69, 9.17) is 5.26 Å². The Morgan fingerprint density at radius 2 is 1.65 bits per heavy atom. The van der Waals surface area contributed by atoms with Gasteiger partial charge in [-0.1, -0.05) is 32.9 Å². The lowest BCUT2D eigenvalue weighted by Crippen LogP contribution is -2.15. The van der Waals surface area contributed by atoms with Crippen LogP contribution in [0.3, 0.4) is 0 Å². The Kier molecular flexibility index (Phi) is 3.83. The zero-order valence-electron chi connectivity index (χ0n) is 11.8. The van der Waals surface area contributed by atoms with Crippen molar-refractivity contribution in [1.82, 2.24) is 4.90 Å². The number of aryl methyl sites for hydroxylation is 2. The Hall–Kier alpha value is -1.49. The molecule has 0 atom stereocenters. The van der Waals surface area contributed by atoms with Crippen molar-refractivity contribution in [3.05, 3.63) is 34.4 Å². The van der Waals surface area contributed by atoms with Crippen molar-refractivity contribution in [2.24, 2.45) is 0 Å². The molecule has 2 heteroatoms. The van der Waals surface area contributed by atoms with Crippen LogP contribution >= 0.6 is 0 Å². The molecule has 0 saturated heterocycles. The van der Waals surface area contributed by atoms with Crippen molar-refractivity contribution < 1.29 is 0 Å². The van der Waals surface area contributed by atoms with E-state index in [1.807, 2.05) is 7.05 Å². The highest BCUT2D eigenvalue weighted by atomic mass is 15.1. The third-order valence-corrected chi connectivity index (χ3v) is 3.13. The maximum atomic E-state index is 8.84. The molecule has 1 aromatic rings. The van der Waals surface area contributed by atoms with E-state index >= 15 is 0 Å². The summed E-state index contributed by atoms with van der Waals surface area (Å²) in [6.45, 7) is 11.6. The molecule has 0 N–H and O–H groups in total. The lowest BCUT2D eigenvalue weighted by Gasteiger charge is -2.23. The molecule has 17 heavy (non-hydrogen) atoms. The smallest absolute Gasteiger partial charge is 0.179 e. The zero-order valence-corrected chi connectivity index (χ0v) is 11.8. The van der Waals surface area contributed by atoms with Crippen LogP contribution in [0.4, 0.5) is 0 Å². The van der Waals surface area contributed by atoms with Gasteiger partial charge < -0.3 is 4.90 Å². The Labute approximate surface area is 105 Å². The number of nitrogens with zero attached hydrogens (tertiary/aromatic N) is 2. The van der Waals surface area contributed by atoms with Gasteiger partial charge in [0.1, 0.15) is 0 Å². The number of hydrogen-bond acceptors (Lipinski definition) is 2. The number of benzene rings is 1. The lowest BCUT2D eigenvalue weighted by atomic mass is 9.84. The zero-order chi connectivity index (χ0) is 13.2. The Balaban J connectivity index is 3.17. The van der Waals surface area contributed by atoms with Gasteiger partial charge in [-0.15, -0.1) is 0 Å².